The Morgan fingerprint density at radius 2 is 2.18 bits per heavy atom. The molecule has 0 radical (unpaired) electrons. The number of hydrogen-bond acceptors (Lipinski definition) is 4. The number of hydrogen-bond donors (Lipinski definition) is 2. The molecule has 1 aliphatic carbocycles. The van der Waals surface area contributed by atoms with Gasteiger partial charge in [-0.3, -0.25) is 10.1 Å². The second-order valence-electron chi connectivity index (χ2n) is 4.42. The molecule has 17 heavy (non-hydrogen) atoms. The first-order valence-corrected chi connectivity index (χ1v) is 5.37. The molecule has 0 aromatic heterocycles. The van der Waals surface area contributed by atoms with E-state index in [-0.39, 0.29) is 17.8 Å². The van der Waals surface area contributed by atoms with Crippen LogP contribution in [0.3, 0.4) is 0 Å². The molecular formula is C11H13FN2O3. The van der Waals surface area contributed by atoms with Gasteiger partial charge in [0.25, 0.3) is 5.69 Å². The summed E-state index contributed by atoms with van der Waals surface area (Å²) < 4.78 is 13.4. The standard InChI is InChI=1S/C11H13FN2O3/c12-9-5-7(14(16)17)4-8(10(9)15)11(6-13)2-1-3-11/h4-5,15H,1-3,6,13H2. The monoisotopic (exact) mass is 240 g/mol. The third-order valence-electron chi connectivity index (χ3n) is 3.53. The average Bonchev–Trinajstić information content (AvgIpc) is 2.22. The molecule has 1 aliphatic rings. The van der Waals surface area contributed by atoms with Gasteiger partial charge in [0.2, 0.25) is 0 Å². The van der Waals surface area contributed by atoms with Crippen molar-refractivity contribution in [3.05, 3.63) is 33.6 Å². The van der Waals surface area contributed by atoms with Gasteiger partial charge in [-0.25, -0.2) is 4.39 Å². The fourth-order valence-corrected chi connectivity index (χ4v) is 2.28. The number of nitrogens with zero attached hydrogens (tertiary/aromatic N) is 1. The molecule has 1 aromatic carbocycles. The van der Waals surface area contributed by atoms with Crippen molar-refractivity contribution in [3.8, 4) is 5.75 Å². The molecule has 1 aromatic rings. The molecule has 0 amide bonds. The van der Waals surface area contributed by atoms with Crippen molar-refractivity contribution >= 4 is 5.69 Å². The van der Waals surface area contributed by atoms with E-state index in [1.165, 1.54) is 6.07 Å². The number of aromatic hydroxyl groups is 1. The van der Waals surface area contributed by atoms with E-state index in [0.717, 1.165) is 25.3 Å². The number of phenols is 1. The summed E-state index contributed by atoms with van der Waals surface area (Å²) in [7, 11) is 0. The van der Waals surface area contributed by atoms with E-state index in [0.29, 0.717) is 0 Å². The van der Waals surface area contributed by atoms with Crippen LogP contribution in [-0.2, 0) is 5.41 Å². The van der Waals surface area contributed by atoms with Crippen molar-refractivity contribution in [2.75, 3.05) is 6.54 Å². The second kappa shape index (κ2) is 3.96. The van der Waals surface area contributed by atoms with Crippen LogP contribution < -0.4 is 5.73 Å². The quantitative estimate of drug-likeness (QED) is 0.623. The first-order chi connectivity index (χ1) is 8.00. The summed E-state index contributed by atoms with van der Waals surface area (Å²) in [4.78, 5) is 9.99. The molecule has 0 saturated heterocycles. The average molecular weight is 240 g/mol. The molecule has 0 unspecified atom stereocenters. The molecule has 0 aliphatic heterocycles. The number of benzene rings is 1. The molecule has 5 nitrogen and oxygen atoms in total. The van der Waals surface area contributed by atoms with E-state index >= 15 is 0 Å². The fraction of sp³-hybridized carbons (Fsp3) is 0.455. The minimum absolute atomic E-state index is 0.251. The SMILES string of the molecule is NCC1(c2cc([N+](=O)[O-])cc(F)c2O)CCC1. The van der Waals surface area contributed by atoms with Crippen molar-refractivity contribution < 1.29 is 14.4 Å². The number of halogens is 1. The van der Waals surface area contributed by atoms with Gasteiger partial charge in [0.15, 0.2) is 11.6 Å². The van der Waals surface area contributed by atoms with Gasteiger partial charge >= 0.3 is 0 Å². The minimum atomic E-state index is -0.964. The van der Waals surface area contributed by atoms with Crippen LogP contribution in [0.25, 0.3) is 0 Å². The summed E-state index contributed by atoms with van der Waals surface area (Å²) in [6.45, 7) is 0.251. The van der Waals surface area contributed by atoms with Crippen LogP contribution in [-0.4, -0.2) is 16.6 Å². The summed E-state index contributed by atoms with van der Waals surface area (Å²) in [6, 6.07) is 1.95. The summed E-state index contributed by atoms with van der Waals surface area (Å²) in [6.07, 6.45) is 2.37. The zero-order valence-corrected chi connectivity index (χ0v) is 9.15. The largest absolute Gasteiger partial charge is 0.505 e. The lowest BCUT2D eigenvalue weighted by molar-refractivity contribution is -0.385. The predicted molar refractivity (Wildman–Crippen MR) is 59.3 cm³/mol. The first kappa shape index (κ1) is 11.8. The summed E-state index contributed by atoms with van der Waals surface area (Å²) >= 11 is 0. The van der Waals surface area contributed by atoms with E-state index in [1.807, 2.05) is 0 Å². The Hall–Kier alpha value is -1.69. The van der Waals surface area contributed by atoms with Crippen LogP contribution in [0, 0.1) is 15.9 Å². The number of non-ortho nitro benzene ring substituents is 1. The van der Waals surface area contributed by atoms with Crippen LogP contribution in [0.15, 0.2) is 12.1 Å². The predicted octanol–water partition coefficient (Wildman–Crippen LogP) is 1.82. The lowest BCUT2D eigenvalue weighted by Gasteiger charge is -2.41. The van der Waals surface area contributed by atoms with Crippen molar-refractivity contribution in [1.29, 1.82) is 0 Å². The van der Waals surface area contributed by atoms with Crippen molar-refractivity contribution in [2.45, 2.75) is 24.7 Å². The molecule has 3 N–H and O–H groups in total. The number of nitro groups is 1. The van der Waals surface area contributed by atoms with Crippen LogP contribution in [0.5, 0.6) is 5.75 Å². The van der Waals surface area contributed by atoms with E-state index in [1.54, 1.807) is 0 Å². The molecule has 0 heterocycles. The number of phenolic OH excluding ortho intramolecular Hbond substituents is 1. The summed E-state index contributed by atoms with van der Waals surface area (Å²) in [5.41, 5.74) is 5.05. The Kier molecular flexibility index (Phi) is 2.74. The molecule has 0 atom stereocenters. The smallest absolute Gasteiger partial charge is 0.272 e. The molecule has 1 saturated carbocycles. The molecule has 2 rings (SSSR count). The molecule has 0 bridgehead atoms. The van der Waals surface area contributed by atoms with E-state index in [2.05, 4.69) is 0 Å². The number of nitrogens with two attached hydrogens (primary N) is 1. The molecule has 6 heteroatoms. The number of rotatable bonds is 3. The van der Waals surface area contributed by atoms with E-state index in [9.17, 15) is 19.6 Å². The van der Waals surface area contributed by atoms with Gasteiger partial charge in [0.1, 0.15) is 0 Å². The van der Waals surface area contributed by atoms with Gasteiger partial charge in [0, 0.05) is 23.6 Å². The van der Waals surface area contributed by atoms with Gasteiger partial charge in [-0.05, 0) is 12.8 Å². The molecule has 92 valence electrons. The summed E-state index contributed by atoms with van der Waals surface area (Å²) in [5, 5.41) is 20.3. The third kappa shape index (κ3) is 1.74. The Morgan fingerprint density at radius 1 is 1.53 bits per heavy atom. The summed E-state index contributed by atoms with van der Waals surface area (Å²) in [5.74, 6) is -1.48. The maximum atomic E-state index is 13.4. The Balaban J connectivity index is 2.56. The van der Waals surface area contributed by atoms with Crippen LogP contribution in [0.1, 0.15) is 24.8 Å². The van der Waals surface area contributed by atoms with Gasteiger partial charge in [-0.15, -0.1) is 0 Å². The van der Waals surface area contributed by atoms with Crippen LogP contribution in [0.4, 0.5) is 10.1 Å². The number of nitro benzene ring substituents is 1. The highest BCUT2D eigenvalue weighted by atomic mass is 19.1. The topological polar surface area (TPSA) is 89.4 Å². The zero-order chi connectivity index (χ0) is 12.6. The normalized spacial score (nSPS) is 17.5. The minimum Gasteiger partial charge on any atom is -0.505 e. The molecular weight excluding hydrogens is 227 g/mol. The maximum absolute atomic E-state index is 13.4. The Labute approximate surface area is 97.2 Å². The lowest BCUT2D eigenvalue weighted by atomic mass is 9.64. The highest BCUT2D eigenvalue weighted by molar-refractivity contribution is 5.49. The highest BCUT2D eigenvalue weighted by Gasteiger charge is 2.41. The van der Waals surface area contributed by atoms with Crippen LogP contribution >= 0.6 is 0 Å². The van der Waals surface area contributed by atoms with E-state index in [4.69, 9.17) is 5.73 Å². The Bertz CT molecular complexity index is 467. The van der Waals surface area contributed by atoms with Crippen molar-refractivity contribution in [3.63, 3.8) is 0 Å². The van der Waals surface area contributed by atoms with Gasteiger partial charge in [-0.1, -0.05) is 6.42 Å². The fourth-order valence-electron chi connectivity index (χ4n) is 2.28. The van der Waals surface area contributed by atoms with Crippen molar-refractivity contribution in [1.82, 2.24) is 0 Å². The second-order valence-corrected chi connectivity index (χ2v) is 4.42. The highest BCUT2D eigenvalue weighted by Crippen LogP contribution is 2.47. The third-order valence-corrected chi connectivity index (χ3v) is 3.53. The van der Waals surface area contributed by atoms with Crippen molar-refractivity contribution in [2.24, 2.45) is 5.73 Å². The van der Waals surface area contributed by atoms with E-state index < -0.39 is 21.9 Å². The van der Waals surface area contributed by atoms with Gasteiger partial charge in [0.05, 0.1) is 11.0 Å². The van der Waals surface area contributed by atoms with Crippen LogP contribution in [0.2, 0.25) is 0 Å². The molecule has 0 spiro atoms. The lowest BCUT2D eigenvalue weighted by Crippen LogP contribution is -2.41. The Morgan fingerprint density at radius 3 is 2.59 bits per heavy atom. The van der Waals surface area contributed by atoms with Gasteiger partial charge in [-0.2, -0.15) is 0 Å². The first-order valence-electron chi connectivity index (χ1n) is 5.37. The maximum Gasteiger partial charge on any atom is 0.272 e. The zero-order valence-electron chi connectivity index (χ0n) is 9.15. The van der Waals surface area contributed by atoms with Gasteiger partial charge < -0.3 is 10.8 Å². The molecule has 1 fully saturated rings.